The van der Waals surface area contributed by atoms with Gasteiger partial charge in [-0.2, -0.15) is 0 Å². The van der Waals surface area contributed by atoms with Crippen LogP contribution in [0.1, 0.15) is 6.92 Å². The second-order valence-electron chi connectivity index (χ2n) is 4.19. The fraction of sp³-hybridized carbons (Fsp3) is 0.143. The zero-order valence-corrected chi connectivity index (χ0v) is 12.5. The van der Waals surface area contributed by atoms with E-state index >= 15 is 0 Å². The number of halogens is 1. The number of nitro benzene ring substituents is 1. The number of hydrogen-bond donors (Lipinski definition) is 2. The van der Waals surface area contributed by atoms with Crippen LogP contribution in [0.4, 0.5) is 22.7 Å². The van der Waals surface area contributed by atoms with E-state index in [1.807, 2.05) is 37.3 Å². The van der Waals surface area contributed by atoms with Crippen LogP contribution in [-0.4, -0.2) is 11.5 Å². The van der Waals surface area contributed by atoms with Crippen molar-refractivity contribution in [1.82, 2.24) is 0 Å². The van der Waals surface area contributed by atoms with E-state index in [1.165, 1.54) is 12.1 Å². The summed E-state index contributed by atoms with van der Waals surface area (Å²) in [4.78, 5) is 10.6. The highest BCUT2D eigenvalue weighted by Crippen LogP contribution is 2.27. The van der Waals surface area contributed by atoms with Crippen LogP contribution in [0, 0.1) is 10.1 Å². The molecule has 20 heavy (non-hydrogen) atoms. The largest absolute Gasteiger partial charge is 0.385 e. The predicted octanol–water partition coefficient (Wildman–Crippen LogP) is 4.53. The van der Waals surface area contributed by atoms with E-state index in [0.29, 0.717) is 12.2 Å². The molecule has 2 N–H and O–H groups in total. The van der Waals surface area contributed by atoms with Crippen LogP contribution in [0.15, 0.2) is 46.9 Å². The van der Waals surface area contributed by atoms with Gasteiger partial charge in [0.25, 0.3) is 5.69 Å². The van der Waals surface area contributed by atoms with Gasteiger partial charge in [-0.3, -0.25) is 10.1 Å². The van der Waals surface area contributed by atoms with Gasteiger partial charge in [-0.05, 0) is 37.3 Å². The van der Waals surface area contributed by atoms with Crippen molar-refractivity contribution in [1.29, 1.82) is 0 Å². The maximum absolute atomic E-state index is 11.0. The van der Waals surface area contributed by atoms with E-state index in [0.717, 1.165) is 15.8 Å². The minimum Gasteiger partial charge on any atom is -0.385 e. The molecule has 2 aromatic carbocycles. The summed E-state index contributed by atoms with van der Waals surface area (Å²) < 4.78 is 0.982. The van der Waals surface area contributed by atoms with Crippen LogP contribution in [-0.2, 0) is 0 Å². The zero-order chi connectivity index (χ0) is 14.5. The van der Waals surface area contributed by atoms with Gasteiger partial charge in [0, 0.05) is 40.2 Å². The van der Waals surface area contributed by atoms with Crippen LogP contribution in [0.3, 0.4) is 0 Å². The van der Waals surface area contributed by atoms with Crippen molar-refractivity contribution in [2.75, 3.05) is 17.2 Å². The van der Waals surface area contributed by atoms with E-state index in [1.54, 1.807) is 0 Å². The van der Waals surface area contributed by atoms with E-state index in [-0.39, 0.29) is 5.69 Å². The molecule has 0 aliphatic rings. The molecule has 0 saturated carbocycles. The molecular weight excluding hydrogens is 322 g/mol. The van der Waals surface area contributed by atoms with Gasteiger partial charge in [0.1, 0.15) is 0 Å². The summed E-state index contributed by atoms with van der Waals surface area (Å²) in [5, 5.41) is 17.2. The van der Waals surface area contributed by atoms with Crippen molar-refractivity contribution in [3.05, 3.63) is 57.1 Å². The lowest BCUT2D eigenvalue weighted by atomic mass is 10.2. The Morgan fingerprint density at radius 1 is 1.10 bits per heavy atom. The van der Waals surface area contributed by atoms with Crippen molar-refractivity contribution < 1.29 is 4.92 Å². The monoisotopic (exact) mass is 335 g/mol. The Morgan fingerprint density at radius 2 is 1.75 bits per heavy atom. The zero-order valence-electron chi connectivity index (χ0n) is 10.9. The molecule has 2 rings (SSSR count). The van der Waals surface area contributed by atoms with Crippen molar-refractivity contribution >= 4 is 38.7 Å². The van der Waals surface area contributed by atoms with Crippen molar-refractivity contribution in [2.24, 2.45) is 0 Å². The summed E-state index contributed by atoms with van der Waals surface area (Å²) >= 11 is 3.37. The highest BCUT2D eigenvalue weighted by Gasteiger charge is 2.09. The molecule has 0 unspecified atom stereocenters. The van der Waals surface area contributed by atoms with Crippen LogP contribution in [0.25, 0.3) is 0 Å². The highest BCUT2D eigenvalue weighted by atomic mass is 79.9. The second-order valence-corrected chi connectivity index (χ2v) is 5.10. The third-order valence-corrected chi connectivity index (χ3v) is 3.17. The first-order chi connectivity index (χ1) is 9.58. The summed E-state index contributed by atoms with van der Waals surface area (Å²) in [7, 11) is 0. The fourth-order valence-corrected chi connectivity index (χ4v) is 2.06. The van der Waals surface area contributed by atoms with Crippen LogP contribution >= 0.6 is 15.9 Å². The molecule has 0 aliphatic carbocycles. The maximum Gasteiger partial charge on any atom is 0.273 e. The molecular formula is C14H14BrN3O2. The van der Waals surface area contributed by atoms with Gasteiger partial charge >= 0.3 is 0 Å². The summed E-state index contributed by atoms with van der Waals surface area (Å²) in [5.74, 6) is 0. The quantitative estimate of drug-likeness (QED) is 0.622. The number of anilines is 3. The Labute approximate surface area is 125 Å². The van der Waals surface area contributed by atoms with E-state index in [9.17, 15) is 10.1 Å². The van der Waals surface area contributed by atoms with Gasteiger partial charge in [-0.15, -0.1) is 0 Å². The Morgan fingerprint density at radius 3 is 2.35 bits per heavy atom. The smallest absolute Gasteiger partial charge is 0.273 e. The van der Waals surface area contributed by atoms with Crippen molar-refractivity contribution in [2.45, 2.75) is 6.92 Å². The molecule has 0 fully saturated rings. The summed E-state index contributed by atoms with van der Waals surface area (Å²) in [5.41, 5.74) is 2.33. The highest BCUT2D eigenvalue weighted by molar-refractivity contribution is 9.10. The standard InChI is InChI=1S/C14H14BrN3O2/c1-2-16-12-7-13(9-14(8-12)18(19)20)17-11-5-3-10(15)4-6-11/h3-9,16-17H,2H2,1H3. The van der Waals surface area contributed by atoms with Crippen LogP contribution in [0.5, 0.6) is 0 Å². The summed E-state index contributed by atoms with van der Waals surface area (Å²) in [6.07, 6.45) is 0. The molecule has 0 bridgehead atoms. The lowest BCUT2D eigenvalue weighted by Gasteiger charge is -2.09. The molecule has 2 aromatic rings. The van der Waals surface area contributed by atoms with Gasteiger partial charge in [0.15, 0.2) is 0 Å². The first-order valence-corrected chi connectivity index (χ1v) is 6.93. The lowest BCUT2D eigenvalue weighted by molar-refractivity contribution is -0.384. The van der Waals surface area contributed by atoms with Crippen molar-refractivity contribution in [3.63, 3.8) is 0 Å². The Hall–Kier alpha value is -2.08. The number of nitro groups is 1. The average Bonchev–Trinajstić information content (AvgIpc) is 2.41. The second kappa shape index (κ2) is 6.38. The molecule has 5 nitrogen and oxygen atoms in total. The molecule has 0 saturated heterocycles. The van der Waals surface area contributed by atoms with Gasteiger partial charge in [0.2, 0.25) is 0 Å². The van der Waals surface area contributed by atoms with Crippen molar-refractivity contribution in [3.8, 4) is 0 Å². The first-order valence-electron chi connectivity index (χ1n) is 6.14. The van der Waals surface area contributed by atoms with Gasteiger partial charge in [-0.1, -0.05) is 15.9 Å². The maximum atomic E-state index is 11.0. The molecule has 0 spiro atoms. The lowest BCUT2D eigenvalue weighted by Crippen LogP contribution is -2.00. The predicted molar refractivity (Wildman–Crippen MR) is 84.7 cm³/mol. The summed E-state index contributed by atoms with van der Waals surface area (Å²) in [6, 6.07) is 12.5. The molecule has 0 atom stereocenters. The minimum absolute atomic E-state index is 0.0584. The third-order valence-electron chi connectivity index (χ3n) is 2.64. The molecule has 0 aliphatic heterocycles. The number of nitrogens with one attached hydrogen (secondary N) is 2. The number of benzene rings is 2. The molecule has 0 radical (unpaired) electrons. The molecule has 104 valence electrons. The number of hydrogen-bond acceptors (Lipinski definition) is 4. The van der Waals surface area contributed by atoms with Gasteiger partial charge in [0.05, 0.1) is 4.92 Å². The number of non-ortho nitro benzene ring substituents is 1. The van der Waals surface area contributed by atoms with E-state index < -0.39 is 4.92 Å². The van der Waals surface area contributed by atoms with Gasteiger partial charge < -0.3 is 10.6 Å². The third kappa shape index (κ3) is 3.71. The average molecular weight is 336 g/mol. The van der Waals surface area contributed by atoms with E-state index in [2.05, 4.69) is 26.6 Å². The van der Waals surface area contributed by atoms with Crippen LogP contribution < -0.4 is 10.6 Å². The first kappa shape index (κ1) is 14.3. The SMILES string of the molecule is CCNc1cc(Nc2ccc(Br)cc2)cc([N+](=O)[O-])c1. The molecule has 0 amide bonds. The molecule has 0 heterocycles. The molecule has 6 heteroatoms. The van der Waals surface area contributed by atoms with Gasteiger partial charge in [-0.25, -0.2) is 0 Å². The minimum atomic E-state index is -0.395. The summed E-state index contributed by atoms with van der Waals surface area (Å²) in [6.45, 7) is 2.65. The number of nitrogens with zero attached hydrogens (tertiary/aromatic N) is 1. The Kier molecular flexibility index (Phi) is 4.57. The topological polar surface area (TPSA) is 67.2 Å². The Balaban J connectivity index is 2.29. The molecule has 0 aromatic heterocycles. The Bertz CT molecular complexity index is 614. The van der Waals surface area contributed by atoms with E-state index in [4.69, 9.17) is 0 Å². The van der Waals surface area contributed by atoms with Crippen LogP contribution in [0.2, 0.25) is 0 Å². The number of rotatable bonds is 5. The normalized spacial score (nSPS) is 10.1. The fourth-order valence-electron chi connectivity index (χ4n) is 1.79.